The van der Waals surface area contributed by atoms with Crippen LogP contribution in [0.3, 0.4) is 0 Å². The van der Waals surface area contributed by atoms with Crippen LogP contribution < -0.4 is 4.74 Å². The standard InChI is InChI=1S/C32H34N2O6/c1-7-34-29-13-9-22(20(3)33-40-21(4)35)15-28(29)27-11-8-23(16-30(27)34)31(36)26-12-10-24(14-19(26)2)37-17-25-18-38-32(5,6)39-25/h8-16,25H,7,17-18H2,1-6H3. The van der Waals surface area contributed by atoms with E-state index in [1.165, 1.54) is 6.92 Å². The van der Waals surface area contributed by atoms with E-state index in [0.717, 1.165) is 39.5 Å². The average Bonchev–Trinajstić information content (AvgIpc) is 3.44. The van der Waals surface area contributed by atoms with Crippen LogP contribution in [0, 0.1) is 6.92 Å². The maximum atomic E-state index is 13.6. The van der Waals surface area contributed by atoms with Crippen LogP contribution in [-0.4, -0.2) is 47.1 Å². The molecule has 40 heavy (non-hydrogen) atoms. The van der Waals surface area contributed by atoms with Crippen LogP contribution in [0.2, 0.25) is 0 Å². The topological polar surface area (TPSA) is 88.4 Å². The Balaban J connectivity index is 1.41. The first-order valence-electron chi connectivity index (χ1n) is 13.4. The van der Waals surface area contributed by atoms with Gasteiger partial charge in [0.25, 0.3) is 0 Å². The maximum Gasteiger partial charge on any atom is 0.331 e. The lowest BCUT2D eigenvalue weighted by Gasteiger charge is -2.17. The second-order valence-corrected chi connectivity index (χ2v) is 10.5. The third-order valence-electron chi connectivity index (χ3n) is 7.12. The number of carbonyl (C=O) groups is 2. The zero-order valence-corrected chi connectivity index (χ0v) is 23.7. The summed E-state index contributed by atoms with van der Waals surface area (Å²) >= 11 is 0. The van der Waals surface area contributed by atoms with E-state index in [-0.39, 0.29) is 11.9 Å². The Morgan fingerprint density at radius 3 is 2.45 bits per heavy atom. The summed E-state index contributed by atoms with van der Waals surface area (Å²) in [5, 5.41) is 6.01. The molecule has 4 aromatic rings. The molecule has 5 rings (SSSR count). The Bertz CT molecular complexity index is 1650. The van der Waals surface area contributed by atoms with Gasteiger partial charge in [0, 0.05) is 46.4 Å². The molecular formula is C32H34N2O6. The van der Waals surface area contributed by atoms with Crippen LogP contribution in [0.25, 0.3) is 21.8 Å². The van der Waals surface area contributed by atoms with Crippen LogP contribution in [0.4, 0.5) is 0 Å². The molecule has 8 nitrogen and oxygen atoms in total. The Labute approximate surface area is 233 Å². The van der Waals surface area contributed by atoms with Crippen LogP contribution in [0.5, 0.6) is 5.75 Å². The highest BCUT2D eigenvalue weighted by Gasteiger charge is 2.33. The van der Waals surface area contributed by atoms with Crippen molar-refractivity contribution in [3.8, 4) is 5.75 Å². The minimum absolute atomic E-state index is 0.0433. The summed E-state index contributed by atoms with van der Waals surface area (Å²) in [6.45, 7) is 12.5. The van der Waals surface area contributed by atoms with Crippen molar-refractivity contribution in [3.63, 3.8) is 0 Å². The van der Waals surface area contributed by atoms with Gasteiger partial charge in [0.05, 0.1) is 12.3 Å². The third-order valence-corrected chi connectivity index (χ3v) is 7.12. The maximum absolute atomic E-state index is 13.6. The summed E-state index contributed by atoms with van der Waals surface area (Å²) in [6.07, 6.45) is -0.130. The molecule has 3 aromatic carbocycles. The van der Waals surface area contributed by atoms with Gasteiger partial charge in [0.15, 0.2) is 11.6 Å². The largest absolute Gasteiger partial charge is 0.491 e. The molecule has 0 spiro atoms. The predicted molar refractivity (Wildman–Crippen MR) is 154 cm³/mol. The van der Waals surface area contributed by atoms with Crippen molar-refractivity contribution in [2.24, 2.45) is 5.16 Å². The minimum atomic E-state index is -0.592. The molecule has 1 aliphatic heterocycles. The number of ketones is 1. The van der Waals surface area contributed by atoms with Crippen molar-refractivity contribution >= 4 is 39.3 Å². The van der Waals surface area contributed by atoms with Crippen molar-refractivity contribution in [1.82, 2.24) is 4.57 Å². The predicted octanol–water partition coefficient (Wildman–Crippen LogP) is 6.17. The third kappa shape index (κ3) is 5.50. The molecule has 1 unspecified atom stereocenters. The van der Waals surface area contributed by atoms with Gasteiger partial charge in [-0.05, 0) is 82.1 Å². The normalized spacial score (nSPS) is 16.9. The van der Waals surface area contributed by atoms with Gasteiger partial charge >= 0.3 is 5.97 Å². The number of ether oxygens (including phenoxy) is 3. The highest BCUT2D eigenvalue weighted by Crippen LogP contribution is 2.32. The number of oxime groups is 1. The molecule has 2 heterocycles. The van der Waals surface area contributed by atoms with Crippen LogP contribution in [0.1, 0.15) is 61.7 Å². The van der Waals surface area contributed by atoms with Gasteiger partial charge in [-0.3, -0.25) is 4.79 Å². The second-order valence-electron chi connectivity index (χ2n) is 10.5. The molecule has 0 saturated carbocycles. The molecule has 1 atom stereocenters. The van der Waals surface area contributed by atoms with E-state index in [1.807, 2.05) is 75.4 Å². The smallest absolute Gasteiger partial charge is 0.331 e. The van der Waals surface area contributed by atoms with Crippen LogP contribution in [0.15, 0.2) is 59.8 Å². The van der Waals surface area contributed by atoms with E-state index in [2.05, 4.69) is 16.6 Å². The number of carbonyl (C=O) groups excluding carboxylic acids is 2. The number of hydrogen-bond donors (Lipinski definition) is 0. The molecule has 0 N–H and O–H groups in total. The summed E-state index contributed by atoms with van der Waals surface area (Å²) in [4.78, 5) is 29.6. The van der Waals surface area contributed by atoms with Gasteiger partial charge in [-0.15, -0.1) is 0 Å². The minimum Gasteiger partial charge on any atom is -0.491 e. The lowest BCUT2D eigenvalue weighted by molar-refractivity contribution is -0.141. The van der Waals surface area contributed by atoms with E-state index < -0.39 is 11.8 Å². The summed E-state index contributed by atoms with van der Waals surface area (Å²) < 4.78 is 19.5. The van der Waals surface area contributed by atoms with Crippen molar-refractivity contribution in [3.05, 3.63) is 76.9 Å². The number of fused-ring (bicyclic) bond motifs is 3. The van der Waals surface area contributed by atoms with E-state index in [1.54, 1.807) is 6.92 Å². The fraction of sp³-hybridized carbons (Fsp3) is 0.344. The lowest BCUT2D eigenvalue weighted by atomic mass is 9.97. The van der Waals surface area contributed by atoms with Crippen LogP contribution in [-0.2, 0) is 25.7 Å². The molecule has 1 saturated heterocycles. The number of aryl methyl sites for hydroxylation is 2. The molecule has 8 heteroatoms. The van der Waals surface area contributed by atoms with Gasteiger partial charge in [-0.25, -0.2) is 4.79 Å². The fourth-order valence-electron chi connectivity index (χ4n) is 5.16. The fourth-order valence-corrected chi connectivity index (χ4v) is 5.16. The van der Waals surface area contributed by atoms with E-state index >= 15 is 0 Å². The number of benzene rings is 3. The zero-order valence-electron chi connectivity index (χ0n) is 23.7. The molecule has 208 valence electrons. The molecular weight excluding hydrogens is 508 g/mol. The molecule has 0 aliphatic carbocycles. The molecule has 0 bridgehead atoms. The van der Waals surface area contributed by atoms with E-state index in [9.17, 15) is 9.59 Å². The summed E-state index contributed by atoms with van der Waals surface area (Å²) in [6, 6.07) is 17.4. The average molecular weight is 543 g/mol. The first kappa shape index (κ1) is 27.6. The Hall–Kier alpha value is -4.01. The van der Waals surface area contributed by atoms with E-state index in [4.69, 9.17) is 19.0 Å². The number of hydrogen-bond acceptors (Lipinski definition) is 7. The Morgan fingerprint density at radius 2 is 1.77 bits per heavy atom. The molecule has 1 fully saturated rings. The number of aromatic nitrogens is 1. The molecule has 0 radical (unpaired) electrons. The Kier molecular flexibility index (Phi) is 7.49. The number of nitrogens with zero attached hydrogens (tertiary/aromatic N) is 2. The van der Waals surface area contributed by atoms with Gasteiger partial charge in [0.2, 0.25) is 0 Å². The quantitative estimate of drug-likeness (QED) is 0.115. The van der Waals surface area contributed by atoms with Crippen LogP contribution >= 0.6 is 0 Å². The zero-order chi connectivity index (χ0) is 28.6. The SMILES string of the molecule is CCn1c2ccc(C(C)=NOC(C)=O)cc2c2ccc(C(=O)c3ccc(OCC4COC(C)(C)O4)cc3C)cc21. The van der Waals surface area contributed by atoms with Crippen molar-refractivity contribution in [2.45, 2.75) is 60.0 Å². The first-order chi connectivity index (χ1) is 19.1. The van der Waals surface area contributed by atoms with Crippen molar-refractivity contribution < 1.29 is 28.6 Å². The van der Waals surface area contributed by atoms with E-state index in [0.29, 0.717) is 35.8 Å². The second kappa shape index (κ2) is 10.9. The molecule has 0 amide bonds. The summed E-state index contributed by atoms with van der Waals surface area (Å²) in [5.74, 6) is -0.410. The number of rotatable bonds is 8. The molecule has 1 aromatic heterocycles. The Morgan fingerprint density at radius 1 is 1.00 bits per heavy atom. The van der Waals surface area contributed by atoms with Crippen molar-refractivity contribution in [1.29, 1.82) is 0 Å². The highest BCUT2D eigenvalue weighted by atomic mass is 16.7. The van der Waals surface area contributed by atoms with Gasteiger partial charge in [0.1, 0.15) is 18.5 Å². The monoisotopic (exact) mass is 542 g/mol. The van der Waals surface area contributed by atoms with Gasteiger partial charge in [-0.1, -0.05) is 23.4 Å². The van der Waals surface area contributed by atoms with Gasteiger partial charge < -0.3 is 23.6 Å². The summed E-state index contributed by atoms with van der Waals surface area (Å²) in [7, 11) is 0. The lowest BCUT2D eigenvalue weighted by Crippen LogP contribution is -2.25. The highest BCUT2D eigenvalue weighted by molar-refractivity contribution is 6.15. The summed E-state index contributed by atoms with van der Waals surface area (Å²) in [5.41, 5.74) is 5.60. The van der Waals surface area contributed by atoms with Gasteiger partial charge in [-0.2, -0.15) is 0 Å². The van der Waals surface area contributed by atoms with Crippen molar-refractivity contribution in [2.75, 3.05) is 13.2 Å². The first-order valence-corrected chi connectivity index (χ1v) is 13.4. The molecule has 1 aliphatic rings.